The van der Waals surface area contributed by atoms with E-state index >= 15 is 0 Å². The van der Waals surface area contributed by atoms with Gasteiger partial charge in [-0.2, -0.15) is 71.4 Å². The Kier molecular flexibility index (Phi) is 14.0. The van der Waals surface area contributed by atoms with Crippen LogP contribution < -0.4 is 0 Å². The van der Waals surface area contributed by atoms with Crippen molar-refractivity contribution in [3.05, 3.63) is 213 Å². The zero-order valence-electron chi connectivity index (χ0n) is 20.6. The van der Waals surface area contributed by atoms with Crippen LogP contribution in [0.3, 0.4) is 0 Å². The van der Waals surface area contributed by atoms with E-state index in [2.05, 4.69) is 31.9 Å². The topological polar surface area (TPSA) is 84.6 Å². The van der Waals surface area contributed by atoms with Crippen molar-refractivity contribution in [3.63, 3.8) is 0 Å². The fraction of sp³-hybridized carbons (Fsp3) is 0. The fourth-order valence-electron chi connectivity index (χ4n) is 3.09. The summed E-state index contributed by atoms with van der Waals surface area (Å²) < 4.78 is 0. The van der Waals surface area contributed by atoms with Crippen molar-refractivity contribution in [2.45, 2.75) is 0 Å². The molecule has 0 fully saturated rings. The Bertz CT molecular complexity index is 1050. The van der Waals surface area contributed by atoms with Crippen LogP contribution in [0.2, 0.25) is 0 Å². The summed E-state index contributed by atoms with van der Waals surface area (Å²) in [4.78, 5) is 0. The molecule has 202 valence electrons. The first kappa shape index (κ1) is 29.7. The van der Waals surface area contributed by atoms with Gasteiger partial charge in [0.25, 0.3) is 0 Å². The quantitative estimate of drug-likeness (QED) is 0.236. The number of allylic oxidation sites excluding steroid dienone is 18. The van der Waals surface area contributed by atoms with Crippen LogP contribution in [0.25, 0.3) is 31.9 Å². The van der Waals surface area contributed by atoms with Crippen LogP contribution in [-0.2, 0) is 15.1 Å². The van der Waals surface area contributed by atoms with Crippen molar-refractivity contribution in [2.75, 3.05) is 0 Å². The number of rotatable bonds is 0. The van der Waals surface area contributed by atoms with Crippen molar-refractivity contribution in [1.29, 1.82) is 0 Å². The normalized spacial score (nSPS) is 23.9. The molecule has 6 aliphatic rings. The van der Waals surface area contributed by atoms with Gasteiger partial charge in [0.15, 0.2) is 0 Å². The Morgan fingerprint density at radius 2 is 0.462 bits per heavy atom. The summed E-state index contributed by atoms with van der Waals surface area (Å²) in [6.45, 7) is 0. The van der Waals surface area contributed by atoms with Crippen LogP contribution in [0.4, 0.5) is 0 Å². The fourth-order valence-corrected chi connectivity index (χ4v) is 3.09. The summed E-state index contributed by atoms with van der Waals surface area (Å²) in [5.41, 5.74) is 5.49. The van der Waals surface area contributed by atoms with Crippen LogP contribution in [0.5, 0.6) is 0 Å². The van der Waals surface area contributed by atoms with E-state index in [4.69, 9.17) is 19.4 Å². The van der Waals surface area contributed by atoms with Crippen molar-refractivity contribution >= 4 is 19.4 Å². The molecule has 0 bridgehead atoms. The van der Waals surface area contributed by atoms with Gasteiger partial charge in [-0.1, -0.05) is 109 Å². The van der Waals surface area contributed by atoms with E-state index in [0.29, 0.717) is 0 Å². The molecule has 39 heavy (non-hydrogen) atoms. The van der Waals surface area contributed by atoms with Gasteiger partial charge in [0, 0.05) is 0 Å². The van der Waals surface area contributed by atoms with Gasteiger partial charge in [0.05, 0.1) is 0 Å². The third-order valence-electron chi connectivity index (χ3n) is 4.78. The first-order chi connectivity index (χ1) is 19.3. The zero-order valence-corrected chi connectivity index (χ0v) is 23.9. The molecule has 0 N–H and O–H groups in total. The second-order valence-electron chi connectivity index (χ2n) is 7.34. The maximum atomic E-state index is 4.85. The van der Waals surface area contributed by atoms with Gasteiger partial charge in [-0.15, -0.1) is 0 Å². The molecule has 0 radical (unpaired) electrons. The first-order valence-electron chi connectivity index (χ1n) is 11.6. The second-order valence-corrected chi connectivity index (χ2v) is 9.98. The molecular formula is C30H24Cl2N6Ru-6. The van der Waals surface area contributed by atoms with Crippen LogP contribution in [0.1, 0.15) is 0 Å². The molecule has 0 aliphatic carbocycles. The van der Waals surface area contributed by atoms with Crippen molar-refractivity contribution in [1.82, 2.24) is 0 Å². The molecule has 0 saturated carbocycles. The molecule has 6 heterocycles. The molecule has 0 aromatic heterocycles. The van der Waals surface area contributed by atoms with Crippen LogP contribution in [-0.4, -0.2) is 0 Å². The zero-order chi connectivity index (χ0) is 27.4. The van der Waals surface area contributed by atoms with Gasteiger partial charge in [0.2, 0.25) is 0 Å². The molecule has 6 nitrogen and oxygen atoms in total. The van der Waals surface area contributed by atoms with E-state index < -0.39 is 0 Å². The average molecular weight is 641 g/mol. The number of hydrogen-bond acceptors (Lipinski definition) is 0. The molecule has 6 aliphatic heterocycles. The molecular weight excluding hydrogens is 616 g/mol. The number of hydrogen-bond donors (Lipinski definition) is 0. The van der Waals surface area contributed by atoms with E-state index in [1.807, 2.05) is 109 Å². The minimum absolute atomic E-state index is 0.346. The van der Waals surface area contributed by atoms with Crippen LogP contribution >= 0.6 is 19.4 Å². The predicted molar refractivity (Wildman–Crippen MR) is 163 cm³/mol. The van der Waals surface area contributed by atoms with Crippen molar-refractivity contribution in [3.8, 4) is 0 Å². The van der Waals surface area contributed by atoms with E-state index in [9.17, 15) is 0 Å². The average Bonchev–Trinajstić information content (AvgIpc) is 3.05. The van der Waals surface area contributed by atoms with Gasteiger partial charge >= 0.3 is 34.5 Å². The summed E-state index contributed by atoms with van der Waals surface area (Å²) in [5.74, 6) is 0. The van der Waals surface area contributed by atoms with E-state index in [-0.39, 0.29) is 15.1 Å². The molecule has 0 saturated heterocycles. The molecule has 6 rings (SSSR count). The third kappa shape index (κ3) is 11.2. The summed E-state index contributed by atoms with van der Waals surface area (Å²) in [5, 5.41) is 25.1. The van der Waals surface area contributed by atoms with Gasteiger partial charge in [0.1, 0.15) is 0 Å². The summed E-state index contributed by atoms with van der Waals surface area (Å²) in [6, 6.07) is 0. The summed E-state index contributed by atoms with van der Waals surface area (Å²) in [6.07, 6.45) is 45.4. The van der Waals surface area contributed by atoms with Crippen LogP contribution in [0, 0.1) is 0 Å². The molecule has 0 unspecified atom stereocenters. The first-order valence-corrected chi connectivity index (χ1v) is 16.1. The monoisotopic (exact) mass is 640 g/mol. The Balaban J connectivity index is 0.000000154. The van der Waals surface area contributed by atoms with Crippen molar-refractivity contribution < 1.29 is 15.1 Å². The molecule has 0 aromatic carbocycles. The Morgan fingerprint density at radius 3 is 0.564 bits per heavy atom. The second kappa shape index (κ2) is 18.4. The van der Waals surface area contributed by atoms with Gasteiger partial charge in [-0.05, 0) is 0 Å². The molecule has 0 amide bonds. The van der Waals surface area contributed by atoms with E-state index in [1.54, 1.807) is 37.2 Å². The number of nitrogens with zero attached hydrogens (tertiary/aromatic N) is 6. The van der Waals surface area contributed by atoms with E-state index in [0.717, 1.165) is 34.2 Å². The van der Waals surface area contributed by atoms with Gasteiger partial charge in [-0.25, -0.2) is 0 Å². The molecule has 0 aromatic rings. The predicted octanol–water partition coefficient (Wildman–Crippen LogP) is 10.7. The van der Waals surface area contributed by atoms with Gasteiger partial charge < -0.3 is 31.9 Å². The standard InChI is InChI=1S/3C10H8N2.2ClH.Ru/c3*1-3-7-11-9(5-1)10-6-2-4-8-12-10;;;/h3*1-8H;2*1H;/q3*-2;;;+2/p-2. The minimum atomic E-state index is -0.346. The third-order valence-corrected chi connectivity index (χ3v) is 4.78. The SMILES string of the molecule is C1=C[N-]C(=C2C=CC=C[N-]2)C=C1.C1=C[N-]C(=C2C=CC=C[N-]2)C=C1.C1=C[N-]C(=C2C=CC=C[N-]2)C=C1.[Cl][Ru][Cl]. The Morgan fingerprint density at radius 1 is 0.308 bits per heavy atom. The van der Waals surface area contributed by atoms with Crippen LogP contribution in [0.15, 0.2) is 181 Å². The Hall–Kier alpha value is -3.90. The van der Waals surface area contributed by atoms with Gasteiger partial charge in [-0.3, -0.25) is 0 Å². The molecule has 0 spiro atoms. The van der Waals surface area contributed by atoms with E-state index in [1.165, 1.54) is 0 Å². The Labute approximate surface area is 246 Å². The molecule has 0 atom stereocenters. The summed E-state index contributed by atoms with van der Waals surface area (Å²) in [7, 11) is 9.71. The number of halogens is 2. The maximum absolute atomic E-state index is 4.85. The summed E-state index contributed by atoms with van der Waals surface area (Å²) >= 11 is -0.346. The van der Waals surface area contributed by atoms with Crippen molar-refractivity contribution in [2.24, 2.45) is 0 Å². The molecule has 9 heteroatoms.